The highest BCUT2D eigenvalue weighted by molar-refractivity contribution is 5.77. The summed E-state index contributed by atoms with van der Waals surface area (Å²) in [6.45, 7) is 4.94. The molecule has 2 rings (SSSR count). The van der Waals surface area contributed by atoms with E-state index in [2.05, 4.69) is 19.2 Å². The molecule has 2 nitrogen and oxygen atoms in total. The molecule has 0 aliphatic heterocycles. The lowest BCUT2D eigenvalue weighted by Gasteiger charge is -2.08. The van der Waals surface area contributed by atoms with Crippen LogP contribution in [0.25, 0.3) is 11.0 Å². The van der Waals surface area contributed by atoms with Crippen LogP contribution >= 0.6 is 0 Å². The van der Waals surface area contributed by atoms with Gasteiger partial charge in [0.1, 0.15) is 17.2 Å². The van der Waals surface area contributed by atoms with Crippen molar-refractivity contribution in [1.29, 1.82) is 0 Å². The number of halogens is 1. The van der Waals surface area contributed by atoms with Gasteiger partial charge in [-0.25, -0.2) is 4.39 Å². The minimum absolute atomic E-state index is 0.227. The largest absolute Gasteiger partial charge is 0.460 e. The normalized spacial score (nSPS) is 13.2. The molecule has 0 spiro atoms. The molecule has 0 aliphatic rings. The molecule has 0 saturated carbocycles. The molecule has 16 heavy (non-hydrogen) atoms. The number of nitrogens with one attached hydrogen (secondary N) is 1. The summed E-state index contributed by atoms with van der Waals surface area (Å²) >= 11 is 0. The van der Waals surface area contributed by atoms with Gasteiger partial charge in [-0.1, -0.05) is 6.92 Å². The van der Waals surface area contributed by atoms with Crippen molar-refractivity contribution in [3.8, 4) is 0 Å². The van der Waals surface area contributed by atoms with E-state index in [0.29, 0.717) is 12.6 Å². The van der Waals surface area contributed by atoms with Crippen molar-refractivity contribution in [3.63, 3.8) is 0 Å². The SMILES string of the molecule is CCC(C)NCc1cc2cc(F)ccc2o1. The van der Waals surface area contributed by atoms with Crippen molar-refractivity contribution in [2.24, 2.45) is 0 Å². The van der Waals surface area contributed by atoms with Gasteiger partial charge in [-0.3, -0.25) is 0 Å². The highest BCUT2D eigenvalue weighted by Crippen LogP contribution is 2.20. The Kier molecular flexibility index (Phi) is 3.25. The highest BCUT2D eigenvalue weighted by atomic mass is 19.1. The number of rotatable bonds is 4. The second-order valence-electron chi connectivity index (χ2n) is 4.09. The van der Waals surface area contributed by atoms with Crippen LogP contribution in [0.2, 0.25) is 0 Å². The molecule has 0 amide bonds. The van der Waals surface area contributed by atoms with E-state index in [9.17, 15) is 4.39 Å². The van der Waals surface area contributed by atoms with Gasteiger partial charge >= 0.3 is 0 Å². The van der Waals surface area contributed by atoms with Crippen molar-refractivity contribution in [1.82, 2.24) is 5.32 Å². The molecular weight excluding hydrogens is 205 g/mol. The maximum absolute atomic E-state index is 13.0. The van der Waals surface area contributed by atoms with Crippen molar-refractivity contribution in [3.05, 3.63) is 35.8 Å². The van der Waals surface area contributed by atoms with Gasteiger partial charge < -0.3 is 9.73 Å². The van der Waals surface area contributed by atoms with E-state index in [4.69, 9.17) is 4.42 Å². The standard InChI is InChI=1S/C13H16FNO/c1-3-9(2)15-8-12-7-10-6-11(14)4-5-13(10)16-12/h4-7,9,15H,3,8H2,1-2H3. The van der Waals surface area contributed by atoms with Gasteiger partial charge in [-0.05, 0) is 37.6 Å². The van der Waals surface area contributed by atoms with Gasteiger partial charge in [0.25, 0.3) is 0 Å². The molecule has 1 N–H and O–H groups in total. The number of hydrogen-bond acceptors (Lipinski definition) is 2. The van der Waals surface area contributed by atoms with Gasteiger partial charge in [-0.15, -0.1) is 0 Å². The first-order chi connectivity index (χ1) is 7.69. The third kappa shape index (κ3) is 2.42. The molecule has 0 radical (unpaired) electrons. The Morgan fingerprint density at radius 2 is 2.19 bits per heavy atom. The molecule has 0 bridgehead atoms. The fourth-order valence-corrected chi connectivity index (χ4v) is 1.58. The van der Waals surface area contributed by atoms with Crippen molar-refractivity contribution in [2.75, 3.05) is 0 Å². The summed E-state index contributed by atoms with van der Waals surface area (Å²) in [6, 6.07) is 6.92. The summed E-state index contributed by atoms with van der Waals surface area (Å²) < 4.78 is 18.5. The second kappa shape index (κ2) is 4.66. The van der Waals surface area contributed by atoms with Gasteiger partial charge in [0.2, 0.25) is 0 Å². The highest BCUT2D eigenvalue weighted by Gasteiger charge is 2.05. The Balaban J connectivity index is 2.13. The fraction of sp³-hybridized carbons (Fsp3) is 0.385. The van der Waals surface area contributed by atoms with Crippen LogP contribution in [0.1, 0.15) is 26.0 Å². The fourth-order valence-electron chi connectivity index (χ4n) is 1.58. The topological polar surface area (TPSA) is 25.2 Å². The quantitative estimate of drug-likeness (QED) is 0.855. The van der Waals surface area contributed by atoms with E-state index in [0.717, 1.165) is 23.2 Å². The van der Waals surface area contributed by atoms with E-state index in [1.807, 2.05) is 6.07 Å². The van der Waals surface area contributed by atoms with E-state index >= 15 is 0 Å². The molecule has 1 unspecified atom stereocenters. The summed E-state index contributed by atoms with van der Waals surface area (Å²) in [5.41, 5.74) is 0.738. The van der Waals surface area contributed by atoms with Crippen LogP contribution in [-0.2, 0) is 6.54 Å². The van der Waals surface area contributed by atoms with E-state index < -0.39 is 0 Å². The molecular formula is C13H16FNO. The van der Waals surface area contributed by atoms with Crippen LogP contribution in [0, 0.1) is 5.82 Å². The molecule has 3 heteroatoms. The second-order valence-corrected chi connectivity index (χ2v) is 4.09. The Morgan fingerprint density at radius 1 is 1.38 bits per heavy atom. The average Bonchev–Trinajstić information content (AvgIpc) is 2.67. The molecule has 0 saturated heterocycles. The predicted octanol–water partition coefficient (Wildman–Crippen LogP) is 3.46. The van der Waals surface area contributed by atoms with Crippen molar-refractivity contribution >= 4 is 11.0 Å². The third-order valence-electron chi connectivity index (χ3n) is 2.77. The van der Waals surface area contributed by atoms with Crippen LogP contribution in [0.15, 0.2) is 28.7 Å². The van der Waals surface area contributed by atoms with Crippen LogP contribution in [0.3, 0.4) is 0 Å². The van der Waals surface area contributed by atoms with Gasteiger partial charge in [-0.2, -0.15) is 0 Å². The molecule has 1 heterocycles. The zero-order valence-electron chi connectivity index (χ0n) is 9.59. The number of hydrogen-bond donors (Lipinski definition) is 1. The monoisotopic (exact) mass is 221 g/mol. The average molecular weight is 221 g/mol. The molecule has 1 aromatic heterocycles. The summed E-state index contributed by atoms with van der Waals surface area (Å²) in [4.78, 5) is 0. The van der Waals surface area contributed by atoms with Crippen LogP contribution < -0.4 is 5.32 Å². The summed E-state index contributed by atoms with van der Waals surface area (Å²) in [6.07, 6.45) is 1.08. The summed E-state index contributed by atoms with van der Waals surface area (Å²) in [7, 11) is 0. The van der Waals surface area contributed by atoms with E-state index in [1.165, 1.54) is 12.1 Å². The molecule has 86 valence electrons. The maximum Gasteiger partial charge on any atom is 0.134 e. The minimum Gasteiger partial charge on any atom is -0.460 e. The lowest BCUT2D eigenvalue weighted by atomic mass is 10.2. The number of fused-ring (bicyclic) bond motifs is 1. The molecule has 1 aromatic carbocycles. The molecule has 2 aromatic rings. The maximum atomic E-state index is 13.0. The minimum atomic E-state index is -0.227. The Hall–Kier alpha value is -1.35. The third-order valence-corrected chi connectivity index (χ3v) is 2.77. The number of benzene rings is 1. The molecule has 1 atom stereocenters. The lowest BCUT2D eigenvalue weighted by Crippen LogP contribution is -2.24. The zero-order valence-corrected chi connectivity index (χ0v) is 9.59. The van der Waals surface area contributed by atoms with E-state index in [1.54, 1.807) is 6.07 Å². The summed E-state index contributed by atoms with van der Waals surface area (Å²) in [5.74, 6) is 0.621. The first kappa shape index (κ1) is 11.1. The first-order valence-corrected chi connectivity index (χ1v) is 5.60. The first-order valence-electron chi connectivity index (χ1n) is 5.60. The Labute approximate surface area is 94.4 Å². The van der Waals surface area contributed by atoms with E-state index in [-0.39, 0.29) is 5.82 Å². The van der Waals surface area contributed by atoms with Gasteiger partial charge in [0.05, 0.1) is 6.54 Å². The van der Waals surface area contributed by atoms with Crippen LogP contribution in [0.5, 0.6) is 0 Å². The molecule has 0 fully saturated rings. The van der Waals surface area contributed by atoms with Crippen LogP contribution in [-0.4, -0.2) is 6.04 Å². The van der Waals surface area contributed by atoms with Gasteiger partial charge in [0, 0.05) is 11.4 Å². The van der Waals surface area contributed by atoms with Crippen molar-refractivity contribution in [2.45, 2.75) is 32.9 Å². The lowest BCUT2D eigenvalue weighted by molar-refractivity contribution is 0.468. The Bertz CT molecular complexity index is 478. The summed E-state index contributed by atoms with van der Waals surface area (Å²) in [5, 5.41) is 4.16. The smallest absolute Gasteiger partial charge is 0.134 e. The zero-order chi connectivity index (χ0) is 11.5. The number of furan rings is 1. The Morgan fingerprint density at radius 3 is 2.94 bits per heavy atom. The van der Waals surface area contributed by atoms with Crippen LogP contribution in [0.4, 0.5) is 4.39 Å². The molecule has 0 aliphatic carbocycles. The predicted molar refractivity (Wildman–Crippen MR) is 62.8 cm³/mol. The van der Waals surface area contributed by atoms with Gasteiger partial charge in [0.15, 0.2) is 0 Å². The van der Waals surface area contributed by atoms with Crippen molar-refractivity contribution < 1.29 is 8.81 Å².